The average Bonchev–Trinajstić information content (AvgIpc) is 2.84. The highest BCUT2D eigenvalue weighted by Crippen LogP contribution is 2.32. The number of rotatable bonds is 3. The fourth-order valence-electron chi connectivity index (χ4n) is 2.49. The Kier molecular flexibility index (Phi) is 3.64. The second-order valence-electron chi connectivity index (χ2n) is 4.93. The molecule has 3 heteroatoms. The first-order chi connectivity index (χ1) is 9.69. The molecule has 3 aromatic rings. The topological polar surface area (TPSA) is 25.2 Å². The van der Waals surface area contributed by atoms with Crippen molar-refractivity contribution in [3.05, 3.63) is 69.9 Å². The predicted molar refractivity (Wildman–Crippen MR) is 86.0 cm³/mol. The molecule has 0 aliphatic carbocycles. The zero-order valence-corrected chi connectivity index (χ0v) is 13.1. The quantitative estimate of drug-likeness (QED) is 0.745. The first-order valence-electron chi connectivity index (χ1n) is 6.61. The normalized spacial score (nSPS) is 12.8. The van der Waals surface area contributed by atoms with E-state index >= 15 is 0 Å². The second-order valence-corrected chi connectivity index (χ2v) is 5.79. The molecule has 1 unspecified atom stereocenters. The number of halogens is 1. The Morgan fingerprint density at radius 2 is 1.90 bits per heavy atom. The van der Waals surface area contributed by atoms with Gasteiger partial charge < -0.3 is 9.73 Å². The van der Waals surface area contributed by atoms with Gasteiger partial charge in [-0.05, 0) is 43.8 Å². The minimum absolute atomic E-state index is 0.0401. The van der Waals surface area contributed by atoms with Crippen LogP contribution in [-0.4, -0.2) is 7.05 Å². The highest BCUT2D eigenvalue weighted by Gasteiger charge is 2.18. The average molecular weight is 330 g/mol. The Morgan fingerprint density at radius 1 is 1.10 bits per heavy atom. The van der Waals surface area contributed by atoms with Crippen LogP contribution in [0.1, 0.15) is 22.9 Å². The molecule has 1 aromatic heterocycles. The van der Waals surface area contributed by atoms with Crippen molar-refractivity contribution in [3.8, 4) is 0 Å². The van der Waals surface area contributed by atoms with Gasteiger partial charge in [-0.1, -0.05) is 45.8 Å². The summed E-state index contributed by atoms with van der Waals surface area (Å²) in [5, 5.41) is 4.47. The van der Waals surface area contributed by atoms with E-state index in [0.29, 0.717) is 0 Å². The molecule has 0 radical (unpaired) electrons. The molecule has 102 valence electrons. The van der Waals surface area contributed by atoms with Gasteiger partial charge in [0.25, 0.3) is 0 Å². The lowest BCUT2D eigenvalue weighted by molar-refractivity contribution is 0.491. The van der Waals surface area contributed by atoms with Crippen LogP contribution in [-0.2, 0) is 0 Å². The number of aryl methyl sites for hydroxylation is 1. The molecule has 0 aliphatic rings. The van der Waals surface area contributed by atoms with Crippen LogP contribution in [0.3, 0.4) is 0 Å². The third-order valence-corrected chi connectivity index (χ3v) is 4.20. The summed E-state index contributed by atoms with van der Waals surface area (Å²) in [5.41, 5.74) is 3.34. The van der Waals surface area contributed by atoms with E-state index in [4.69, 9.17) is 4.42 Å². The Morgan fingerprint density at radius 3 is 2.65 bits per heavy atom. The van der Waals surface area contributed by atoms with Gasteiger partial charge in [-0.2, -0.15) is 0 Å². The molecule has 1 heterocycles. The van der Waals surface area contributed by atoms with Crippen LogP contribution in [0.25, 0.3) is 11.0 Å². The zero-order valence-electron chi connectivity index (χ0n) is 11.5. The minimum Gasteiger partial charge on any atom is -0.459 e. The van der Waals surface area contributed by atoms with E-state index in [0.717, 1.165) is 21.2 Å². The van der Waals surface area contributed by atoms with Crippen LogP contribution in [0.15, 0.2) is 57.4 Å². The van der Waals surface area contributed by atoms with E-state index in [9.17, 15) is 0 Å². The molecule has 0 saturated carbocycles. The van der Waals surface area contributed by atoms with E-state index < -0.39 is 0 Å². The molecule has 0 aliphatic heterocycles. The van der Waals surface area contributed by atoms with Gasteiger partial charge in [0.05, 0.1) is 6.04 Å². The second kappa shape index (κ2) is 5.43. The van der Waals surface area contributed by atoms with Crippen molar-refractivity contribution in [2.75, 3.05) is 7.05 Å². The molecule has 0 fully saturated rings. The van der Waals surface area contributed by atoms with Crippen molar-refractivity contribution >= 4 is 26.9 Å². The summed E-state index contributed by atoms with van der Waals surface area (Å²) in [6, 6.07) is 16.6. The van der Waals surface area contributed by atoms with Gasteiger partial charge in [-0.15, -0.1) is 0 Å². The van der Waals surface area contributed by atoms with Crippen molar-refractivity contribution < 1.29 is 4.42 Å². The molecule has 2 aromatic carbocycles. The predicted octanol–water partition coefficient (Wildman–Crippen LogP) is 4.81. The smallest absolute Gasteiger partial charge is 0.134 e. The lowest BCUT2D eigenvalue weighted by Gasteiger charge is -2.15. The fraction of sp³-hybridized carbons (Fsp3) is 0.176. The number of hydrogen-bond acceptors (Lipinski definition) is 2. The Labute approximate surface area is 126 Å². The lowest BCUT2D eigenvalue weighted by atomic mass is 10.0. The monoisotopic (exact) mass is 329 g/mol. The third kappa shape index (κ3) is 2.39. The van der Waals surface area contributed by atoms with Gasteiger partial charge in [-0.3, -0.25) is 0 Å². The van der Waals surface area contributed by atoms with Crippen LogP contribution in [0, 0.1) is 6.92 Å². The van der Waals surface area contributed by atoms with E-state index in [2.05, 4.69) is 52.4 Å². The summed E-state index contributed by atoms with van der Waals surface area (Å²) in [4.78, 5) is 0. The molecule has 1 N–H and O–H groups in total. The number of fused-ring (bicyclic) bond motifs is 1. The lowest BCUT2D eigenvalue weighted by Crippen LogP contribution is -2.17. The molecular weight excluding hydrogens is 314 g/mol. The standard InChI is InChI=1S/C17H16BrNO/c1-11-7-8-15-12(9-11)10-16(20-15)17(19-2)13-5-3-4-6-14(13)18/h3-10,17,19H,1-2H3. The maximum absolute atomic E-state index is 6.00. The Balaban J connectivity index is 2.10. The van der Waals surface area contributed by atoms with E-state index in [1.807, 2.05) is 31.3 Å². The van der Waals surface area contributed by atoms with E-state index in [1.165, 1.54) is 11.1 Å². The van der Waals surface area contributed by atoms with Crippen LogP contribution < -0.4 is 5.32 Å². The van der Waals surface area contributed by atoms with E-state index in [1.54, 1.807) is 0 Å². The number of nitrogens with one attached hydrogen (secondary N) is 1. The summed E-state index contributed by atoms with van der Waals surface area (Å²) < 4.78 is 7.08. The number of furan rings is 1. The van der Waals surface area contributed by atoms with E-state index in [-0.39, 0.29) is 6.04 Å². The molecule has 0 saturated heterocycles. The van der Waals surface area contributed by atoms with Crippen molar-refractivity contribution in [1.29, 1.82) is 0 Å². The first-order valence-corrected chi connectivity index (χ1v) is 7.40. The Hall–Kier alpha value is -1.58. The molecule has 0 bridgehead atoms. The van der Waals surface area contributed by atoms with Crippen molar-refractivity contribution in [2.45, 2.75) is 13.0 Å². The van der Waals surface area contributed by atoms with Gasteiger partial charge in [0, 0.05) is 9.86 Å². The van der Waals surface area contributed by atoms with Crippen molar-refractivity contribution in [2.24, 2.45) is 0 Å². The highest BCUT2D eigenvalue weighted by molar-refractivity contribution is 9.10. The van der Waals surface area contributed by atoms with Crippen LogP contribution >= 0.6 is 15.9 Å². The maximum Gasteiger partial charge on any atom is 0.134 e. The Bertz CT molecular complexity index is 748. The highest BCUT2D eigenvalue weighted by atomic mass is 79.9. The molecule has 1 atom stereocenters. The van der Waals surface area contributed by atoms with Gasteiger partial charge in [0.2, 0.25) is 0 Å². The minimum atomic E-state index is 0.0401. The fourth-order valence-corrected chi connectivity index (χ4v) is 3.00. The largest absolute Gasteiger partial charge is 0.459 e. The van der Waals surface area contributed by atoms with Gasteiger partial charge >= 0.3 is 0 Å². The SMILES string of the molecule is CNC(c1cc2cc(C)ccc2o1)c1ccccc1Br. The molecule has 20 heavy (non-hydrogen) atoms. The summed E-state index contributed by atoms with van der Waals surface area (Å²) in [6.07, 6.45) is 0. The molecule has 2 nitrogen and oxygen atoms in total. The molecular formula is C17H16BrNO. The van der Waals surface area contributed by atoms with Crippen molar-refractivity contribution in [3.63, 3.8) is 0 Å². The maximum atomic E-state index is 6.00. The van der Waals surface area contributed by atoms with Crippen LogP contribution in [0.2, 0.25) is 0 Å². The third-order valence-electron chi connectivity index (χ3n) is 3.48. The number of hydrogen-bond donors (Lipinski definition) is 1. The van der Waals surface area contributed by atoms with Gasteiger partial charge in [0.1, 0.15) is 11.3 Å². The van der Waals surface area contributed by atoms with Crippen LogP contribution in [0.4, 0.5) is 0 Å². The number of benzene rings is 2. The van der Waals surface area contributed by atoms with Gasteiger partial charge in [0.15, 0.2) is 0 Å². The molecule has 0 spiro atoms. The first kappa shape index (κ1) is 13.4. The van der Waals surface area contributed by atoms with Crippen LogP contribution in [0.5, 0.6) is 0 Å². The van der Waals surface area contributed by atoms with Gasteiger partial charge in [-0.25, -0.2) is 0 Å². The summed E-state index contributed by atoms with van der Waals surface area (Å²) >= 11 is 3.61. The molecule has 3 rings (SSSR count). The summed E-state index contributed by atoms with van der Waals surface area (Å²) in [7, 11) is 1.95. The summed E-state index contributed by atoms with van der Waals surface area (Å²) in [6.45, 7) is 2.09. The molecule has 0 amide bonds. The van der Waals surface area contributed by atoms with Crippen molar-refractivity contribution in [1.82, 2.24) is 5.32 Å². The summed E-state index contributed by atoms with van der Waals surface area (Å²) in [5.74, 6) is 0.931. The zero-order chi connectivity index (χ0) is 14.1.